The Bertz CT molecular complexity index is 1630. The largest absolute Gasteiger partial charge is 0.508 e. The second kappa shape index (κ2) is 16.5. The Morgan fingerprint density at radius 2 is 1.37 bits per heavy atom. The highest BCUT2D eigenvalue weighted by molar-refractivity contribution is 7.98. The van der Waals surface area contributed by atoms with Crippen LogP contribution in [-0.2, 0) is 38.4 Å². The predicted molar refractivity (Wildman–Crippen MR) is 178 cm³/mol. The van der Waals surface area contributed by atoms with Gasteiger partial charge in [0.05, 0.1) is 6.04 Å². The minimum atomic E-state index is -1.21. The van der Waals surface area contributed by atoms with Crippen LogP contribution in [0.1, 0.15) is 23.1 Å². The number of phenolic OH excluding ortho intramolecular Hbond substituents is 1. The third kappa shape index (κ3) is 9.59. The molecule has 0 aliphatic rings. The van der Waals surface area contributed by atoms with Crippen molar-refractivity contribution >= 4 is 46.4 Å². The number of carbonyl (C=O) groups is 4. The molecule has 0 saturated heterocycles. The molecule has 242 valence electrons. The quantitative estimate of drug-likeness (QED) is 0.0969. The number of aliphatic carboxylic acids is 1. The van der Waals surface area contributed by atoms with Gasteiger partial charge in [-0.2, -0.15) is 11.8 Å². The van der Waals surface area contributed by atoms with Crippen molar-refractivity contribution in [2.45, 2.75) is 49.9 Å². The van der Waals surface area contributed by atoms with Crippen LogP contribution in [0.4, 0.5) is 0 Å². The number of H-pyrrole nitrogens is 1. The molecule has 0 fully saturated rings. The van der Waals surface area contributed by atoms with E-state index in [0.717, 1.165) is 27.6 Å². The summed E-state index contributed by atoms with van der Waals surface area (Å²) in [4.78, 5) is 55.8. The van der Waals surface area contributed by atoms with Gasteiger partial charge in [-0.3, -0.25) is 14.4 Å². The maximum Gasteiger partial charge on any atom is 0.326 e. The van der Waals surface area contributed by atoms with Crippen LogP contribution in [0.15, 0.2) is 85.1 Å². The molecule has 1 aromatic heterocycles. The van der Waals surface area contributed by atoms with Gasteiger partial charge in [0.25, 0.3) is 0 Å². The van der Waals surface area contributed by atoms with Crippen molar-refractivity contribution in [3.63, 3.8) is 0 Å². The zero-order valence-corrected chi connectivity index (χ0v) is 26.3. The highest BCUT2D eigenvalue weighted by Gasteiger charge is 2.31. The molecule has 0 saturated carbocycles. The number of carboxylic acids is 1. The number of hydrogen-bond acceptors (Lipinski definition) is 7. The molecule has 0 aliphatic carbocycles. The highest BCUT2D eigenvalue weighted by atomic mass is 32.2. The van der Waals surface area contributed by atoms with E-state index in [1.807, 2.05) is 36.6 Å². The molecule has 3 aromatic carbocycles. The van der Waals surface area contributed by atoms with Gasteiger partial charge in [0, 0.05) is 29.9 Å². The van der Waals surface area contributed by atoms with Gasteiger partial charge in [-0.15, -0.1) is 0 Å². The van der Waals surface area contributed by atoms with E-state index in [2.05, 4.69) is 20.9 Å². The average molecular weight is 646 g/mol. The summed E-state index contributed by atoms with van der Waals surface area (Å²) in [6.07, 6.45) is 4.22. The van der Waals surface area contributed by atoms with Gasteiger partial charge in [-0.1, -0.05) is 60.7 Å². The summed E-state index contributed by atoms with van der Waals surface area (Å²) in [7, 11) is 0. The van der Waals surface area contributed by atoms with E-state index in [0.29, 0.717) is 5.75 Å². The standard InChI is InChI=1S/C34H39N5O6S/c1-46-16-15-28(32(42)39-30(34(44)45)18-21-7-3-2-4-8-21)37-33(43)29(19-23-20-36-27-10-6-5-9-25(23)27)38-31(41)26(35)17-22-11-13-24(40)14-12-22/h2-14,20,26,28-30,36,40H,15-19,35H2,1H3,(H,37,43)(H,38,41)(H,39,42)(H,44,45). The van der Waals surface area contributed by atoms with Crippen molar-refractivity contribution < 1.29 is 29.4 Å². The van der Waals surface area contributed by atoms with E-state index in [1.54, 1.807) is 42.6 Å². The van der Waals surface area contributed by atoms with Crippen LogP contribution >= 0.6 is 11.8 Å². The number of fused-ring (bicyclic) bond motifs is 1. The minimum Gasteiger partial charge on any atom is -0.508 e. The molecule has 4 unspecified atom stereocenters. The molecule has 0 spiro atoms. The molecule has 0 bridgehead atoms. The van der Waals surface area contributed by atoms with E-state index in [4.69, 9.17) is 5.73 Å². The van der Waals surface area contributed by atoms with Crippen molar-refractivity contribution in [2.75, 3.05) is 12.0 Å². The fraction of sp³-hybridized carbons (Fsp3) is 0.294. The van der Waals surface area contributed by atoms with Crippen molar-refractivity contribution in [1.29, 1.82) is 0 Å². The molecule has 4 atom stereocenters. The Morgan fingerprint density at radius 1 is 0.761 bits per heavy atom. The third-order valence-electron chi connectivity index (χ3n) is 7.60. The molecule has 46 heavy (non-hydrogen) atoms. The van der Waals surface area contributed by atoms with Crippen LogP contribution in [-0.4, -0.2) is 75.1 Å². The first-order valence-electron chi connectivity index (χ1n) is 14.9. The van der Waals surface area contributed by atoms with Gasteiger partial charge in [0.1, 0.15) is 23.9 Å². The van der Waals surface area contributed by atoms with Gasteiger partial charge in [0.15, 0.2) is 0 Å². The Kier molecular flexibility index (Phi) is 12.2. The normalized spacial score (nSPS) is 13.7. The molecule has 0 aliphatic heterocycles. The van der Waals surface area contributed by atoms with Gasteiger partial charge in [0.2, 0.25) is 17.7 Å². The van der Waals surface area contributed by atoms with Crippen LogP contribution < -0.4 is 21.7 Å². The summed E-state index contributed by atoms with van der Waals surface area (Å²) in [5.74, 6) is -2.39. The number of nitrogens with two attached hydrogens (primary N) is 1. The number of benzene rings is 3. The molecule has 4 rings (SSSR count). The number of thioether (sulfide) groups is 1. The summed E-state index contributed by atoms with van der Waals surface area (Å²) in [6.45, 7) is 0. The Morgan fingerprint density at radius 3 is 2.07 bits per heavy atom. The lowest BCUT2D eigenvalue weighted by atomic mass is 10.0. The van der Waals surface area contributed by atoms with Gasteiger partial charge in [-0.25, -0.2) is 4.79 Å². The smallest absolute Gasteiger partial charge is 0.326 e. The van der Waals surface area contributed by atoms with Crippen LogP contribution in [0.2, 0.25) is 0 Å². The molecule has 1 heterocycles. The number of carboxylic acid groups (broad SMARTS) is 1. The number of rotatable bonds is 16. The molecule has 0 radical (unpaired) electrons. The van der Waals surface area contributed by atoms with E-state index in [1.165, 1.54) is 23.9 Å². The third-order valence-corrected chi connectivity index (χ3v) is 8.25. The van der Waals surface area contributed by atoms with E-state index >= 15 is 0 Å². The number of phenols is 1. The fourth-order valence-corrected chi connectivity index (χ4v) is 5.56. The number of aromatic nitrogens is 1. The average Bonchev–Trinajstić information content (AvgIpc) is 3.46. The fourth-order valence-electron chi connectivity index (χ4n) is 5.09. The second-order valence-electron chi connectivity index (χ2n) is 11.0. The summed E-state index contributed by atoms with van der Waals surface area (Å²) < 4.78 is 0. The Hall–Kier alpha value is -4.81. The topological polar surface area (TPSA) is 187 Å². The lowest BCUT2D eigenvalue weighted by Gasteiger charge is -2.25. The first kappa shape index (κ1) is 34.1. The van der Waals surface area contributed by atoms with Gasteiger partial charge >= 0.3 is 5.97 Å². The lowest BCUT2D eigenvalue weighted by Crippen LogP contribution is -2.58. The highest BCUT2D eigenvalue weighted by Crippen LogP contribution is 2.20. The minimum absolute atomic E-state index is 0.0727. The first-order chi connectivity index (χ1) is 22.1. The maximum absolute atomic E-state index is 13.8. The summed E-state index contributed by atoms with van der Waals surface area (Å²) in [5, 5.41) is 28.4. The zero-order valence-electron chi connectivity index (χ0n) is 25.4. The molecule has 4 aromatic rings. The van der Waals surface area contributed by atoms with Crippen LogP contribution in [0.25, 0.3) is 10.9 Å². The second-order valence-corrected chi connectivity index (χ2v) is 12.0. The Balaban J connectivity index is 1.52. The van der Waals surface area contributed by atoms with Crippen molar-refractivity contribution in [1.82, 2.24) is 20.9 Å². The Labute approximate surface area is 271 Å². The molecular formula is C34H39N5O6S. The van der Waals surface area contributed by atoms with E-state index < -0.39 is 47.9 Å². The lowest BCUT2D eigenvalue weighted by molar-refractivity contribution is -0.142. The monoisotopic (exact) mass is 645 g/mol. The molecule has 11 nitrogen and oxygen atoms in total. The summed E-state index contributed by atoms with van der Waals surface area (Å²) in [5.41, 5.74) is 9.34. The van der Waals surface area contributed by atoms with Crippen LogP contribution in [0.3, 0.4) is 0 Å². The number of aromatic hydroxyl groups is 1. The van der Waals surface area contributed by atoms with Crippen molar-refractivity contribution in [3.05, 3.63) is 102 Å². The number of nitrogens with one attached hydrogen (secondary N) is 4. The first-order valence-corrected chi connectivity index (χ1v) is 16.3. The van der Waals surface area contributed by atoms with Gasteiger partial charge in [-0.05, 0) is 59.7 Å². The summed E-state index contributed by atoms with van der Waals surface area (Å²) >= 11 is 1.48. The number of aromatic amines is 1. The maximum atomic E-state index is 13.8. The van der Waals surface area contributed by atoms with Crippen molar-refractivity contribution in [2.24, 2.45) is 5.73 Å². The predicted octanol–water partition coefficient (Wildman–Crippen LogP) is 2.52. The molecule has 12 heteroatoms. The van der Waals surface area contributed by atoms with E-state index in [-0.39, 0.29) is 31.4 Å². The summed E-state index contributed by atoms with van der Waals surface area (Å²) in [6, 6.07) is 18.5. The van der Waals surface area contributed by atoms with Crippen molar-refractivity contribution in [3.8, 4) is 5.75 Å². The number of para-hydroxylation sites is 1. The SMILES string of the molecule is CSCCC(NC(=O)C(Cc1c[nH]c2ccccc12)NC(=O)C(N)Cc1ccc(O)cc1)C(=O)NC(Cc1ccccc1)C(=O)O. The molecular weight excluding hydrogens is 606 g/mol. The zero-order chi connectivity index (χ0) is 33.1. The van der Waals surface area contributed by atoms with Crippen LogP contribution in [0.5, 0.6) is 5.75 Å². The van der Waals surface area contributed by atoms with Crippen LogP contribution in [0, 0.1) is 0 Å². The number of carbonyl (C=O) groups excluding carboxylic acids is 3. The van der Waals surface area contributed by atoms with Gasteiger partial charge < -0.3 is 36.9 Å². The number of amides is 3. The molecule has 8 N–H and O–H groups in total. The van der Waals surface area contributed by atoms with E-state index in [9.17, 15) is 29.4 Å². The molecule has 3 amide bonds. The number of hydrogen-bond donors (Lipinski definition) is 7.